The summed E-state index contributed by atoms with van der Waals surface area (Å²) in [6.45, 7) is 2.06. The van der Waals surface area contributed by atoms with Crippen LogP contribution in [0.2, 0.25) is 5.02 Å². The molecule has 0 aliphatic carbocycles. The Morgan fingerprint density at radius 1 is 0.958 bits per heavy atom. The smallest absolute Gasteiger partial charge is 0.0406 e. The molecule has 3 aromatic rings. The van der Waals surface area contributed by atoms with Gasteiger partial charge in [-0.25, -0.2) is 0 Å². The van der Waals surface area contributed by atoms with Gasteiger partial charge in [-0.1, -0.05) is 72.3 Å². The van der Waals surface area contributed by atoms with E-state index in [0.717, 1.165) is 11.4 Å². The van der Waals surface area contributed by atoms with Gasteiger partial charge in [0.1, 0.15) is 0 Å². The van der Waals surface area contributed by atoms with Crippen molar-refractivity contribution in [2.75, 3.05) is 0 Å². The van der Waals surface area contributed by atoms with E-state index in [4.69, 9.17) is 17.3 Å². The lowest BCUT2D eigenvalue weighted by Crippen LogP contribution is -2.24. The summed E-state index contributed by atoms with van der Waals surface area (Å²) in [5, 5.41) is 3.29. The maximum atomic E-state index is 6.19. The molecule has 0 amide bonds. The topological polar surface area (TPSA) is 26.0 Å². The third-order valence-corrected chi connectivity index (χ3v) is 4.66. The van der Waals surface area contributed by atoms with E-state index in [1.165, 1.54) is 21.9 Å². The van der Waals surface area contributed by atoms with Gasteiger partial charge >= 0.3 is 0 Å². The van der Waals surface area contributed by atoms with E-state index in [9.17, 15) is 0 Å². The molecule has 0 spiro atoms. The van der Waals surface area contributed by atoms with E-state index < -0.39 is 0 Å². The summed E-state index contributed by atoms with van der Waals surface area (Å²) < 4.78 is 0. The molecule has 2 N–H and O–H groups in total. The monoisotopic (exact) mass is 335 g/mol. The second-order valence-corrected chi connectivity index (χ2v) is 6.70. The average molecular weight is 336 g/mol. The highest BCUT2D eigenvalue weighted by Gasteiger charge is 2.14. The van der Waals surface area contributed by atoms with Crippen LogP contribution in [0.15, 0.2) is 72.8 Å². The van der Waals surface area contributed by atoms with Gasteiger partial charge in [0.15, 0.2) is 0 Å². The van der Waals surface area contributed by atoms with Crippen LogP contribution in [-0.4, -0.2) is 6.04 Å². The molecule has 2 atom stereocenters. The SMILES string of the molecule is CC(N)C(C/C=C/c1ccc2ccccc2c1)c1ccc(Cl)cc1. The fraction of sp³-hybridized carbons (Fsp3) is 0.182. The maximum Gasteiger partial charge on any atom is 0.0406 e. The Bertz CT molecular complexity index is 834. The van der Waals surface area contributed by atoms with Crippen molar-refractivity contribution in [2.24, 2.45) is 5.73 Å². The third-order valence-electron chi connectivity index (χ3n) is 4.41. The molecule has 24 heavy (non-hydrogen) atoms. The predicted octanol–water partition coefficient (Wildman–Crippen LogP) is 6.03. The van der Waals surface area contributed by atoms with E-state index in [2.05, 4.69) is 73.7 Å². The van der Waals surface area contributed by atoms with Crippen molar-refractivity contribution in [1.29, 1.82) is 0 Å². The van der Waals surface area contributed by atoms with E-state index in [-0.39, 0.29) is 6.04 Å². The minimum absolute atomic E-state index is 0.0902. The highest BCUT2D eigenvalue weighted by Crippen LogP contribution is 2.25. The highest BCUT2D eigenvalue weighted by atomic mass is 35.5. The molecular formula is C22H22ClN. The maximum absolute atomic E-state index is 6.19. The number of hydrogen-bond donors (Lipinski definition) is 1. The average Bonchev–Trinajstić information content (AvgIpc) is 2.59. The molecule has 1 nitrogen and oxygen atoms in total. The van der Waals surface area contributed by atoms with Crippen molar-refractivity contribution < 1.29 is 0 Å². The summed E-state index contributed by atoms with van der Waals surface area (Å²) in [5.74, 6) is 0.291. The first-order valence-corrected chi connectivity index (χ1v) is 8.67. The molecule has 0 aromatic heterocycles. The zero-order valence-corrected chi connectivity index (χ0v) is 14.6. The zero-order chi connectivity index (χ0) is 16.9. The number of hydrogen-bond acceptors (Lipinski definition) is 1. The lowest BCUT2D eigenvalue weighted by atomic mass is 9.89. The summed E-state index contributed by atoms with van der Waals surface area (Å²) in [6, 6.07) is 23.0. The Morgan fingerprint density at radius 3 is 2.38 bits per heavy atom. The number of halogens is 1. The first-order chi connectivity index (χ1) is 11.6. The molecule has 0 aliphatic heterocycles. The van der Waals surface area contributed by atoms with Crippen LogP contribution in [0.3, 0.4) is 0 Å². The van der Waals surface area contributed by atoms with Crippen LogP contribution in [0.25, 0.3) is 16.8 Å². The van der Waals surface area contributed by atoms with Crippen LogP contribution in [-0.2, 0) is 0 Å². The molecule has 0 fully saturated rings. The van der Waals surface area contributed by atoms with E-state index in [0.29, 0.717) is 5.92 Å². The first kappa shape index (κ1) is 16.8. The predicted molar refractivity (Wildman–Crippen MR) is 105 cm³/mol. The van der Waals surface area contributed by atoms with Gasteiger partial charge in [-0.05, 0) is 53.4 Å². The van der Waals surface area contributed by atoms with Crippen LogP contribution < -0.4 is 5.73 Å². The van der Waals surface area contributed by atoms with Gasteiger partial charge in [-0.3, -0.25) is 0 Å². The minimum Gasteiger partial charge on any atom is -0.327 e. The summed E-state index contributed by atoms with van der Waals surface area (Å²) in [7, 11) is 0. The fourth-order valence-electron chi connectivity index (χ4n) is 3.03. The van der Waals surface area contributed by atoms with Crippen LogP contribution in [0.1, 0.15) is 30.4 Å². The quantitative estimate of drug-likeness (QED) is 0.605. The lowest BCUT2D eigenvalue weighted by Gasteiger charge is -2.19. The molecule has 3 aromatic carbocycles. The van der Waals surface area contributed by atoms with E-state index in [1.54, 1.807) is 0 Å². The Morgan fingerprint density at radius 2 is 1.67 bits per heavy atom. The molecule has 0 heterocycles. The summed E-state index contributed by atoms with van der Waals surface area (Å²) in [5.41, 5.74) is 8.64. The largest absolute Gasteiger partial charge is 0.327 e. The van der Waals surface area contributed by atoms with Crippen LogP contribution >= 0.6 is 11.6 Å². The molecular weight excluding hydrogens is 314 g/mol. The Kier molecular flexibility index (Phi) is 5.34. The van der Waals surface area contributed by atoms with Crippen LogP contribution in [0.4, 0.5) is 0 Å². The molecule has 0 bridgehead atoms. The number of benzene rings is 3. The normalized spacial score (nSPS) is 14.1. The van der Waals surface area contributed by atoms with Gasteiger partial charge in [0.05, 0.1) is 0 Å². The zero-order valence-electron chi connectivity index (χ0n) is 13.8. The Balaban J connectivity index is 1.75. The lowest BCUT2D eigenvalue weighted by molar-refractivity contribution is 0.575. The molecule has 2 heteroatoms. The number of nitrogens with two attached hydrogens (primary N) is 1. The Hall–Kier alpha value is -2.09. The molecule has 122 valence electrons. The van der Waals surface area contributed by atoms with Gasteiger partial charge in [0, 0.05) is 17.0 Å². The molecule has 0 aliphatic rings. The van der Waals surface area contributed by atoms with Crippen molar-refractivity contribution in [2.45, 2.75) is 25.3 Å². The second-order valence-electron chi connectivity index (χ2n) is 6.26. The van der Waals surface area contributed by atoms with Crippen molar-refractivity contribution in [3.63, 3.8) is 0 Å². The van der Waals surface area contributed by atoms with Crippen molar-refractivity contribution >= 4 is 28.4 Å². The summed E-state index contributed by atoms with van der Waals surface area (Å²) in [6.07, 6.45) is 5.30. The molecule has 3 rings (SSSR count). The summed E-state index contributed by atoms with van der Waals surface area (Å²) >= 11 is 5.98. The summed E-state index contributed by atoms with van der Waals surface area (Å²) in [4.78, 5) is 0. The molecule has 0 saturated heterocycles. The number of allylic oxidation sites excluding steroid dienone is 1. The number of rotatable bonds is 5. The van der Waals surface area contributed by atoms with Gasteiger partial charge in [-0.2, -0.15) is 0 Å². The van der Waals surface area contributed by atoms with Gasteiger partial charge in [-0.15, -0.1) is 0 Å². The van der Waals surface area contributed by atoms with Gasteiger partial charge in [0.25, 0.3) is 0 Å². The molecule has 2 unspecified atom stereocenters. The third kappa shape index (κ3) is 4.05. The van der Waals surface area contributed by atoms with Crippen molar-refractivity contribution in [3.8, 4) is 0 Å². The molecule has 0 radical (unpaired) electrons. The second kappa shape index (κ2) is 7.65. The van der Waals surface area contributed by atoms with Gasteiger partial charge < -0.3 is 5.73 Å². The van der Waals surface area contributed by atoms with E-state index in [1.807, 2.05) is 12.1 Å². The van der Waals surface area contributed by atoms with Crippen molar-refractivity contribution in [3.05, 3.63) is 89.0 Å². The standard InChI is InChI=1S/C22H22ClN/c1-16(24)22(19-11-13-21(23)14-12-19)8-4-5-17-9-10-18-6-2-3-7-20(18)15-17/h2-7,9-16,22H,8,24H2,1H3/b5-4+. The number of fused-ring (bicyclic) bond motifs is 1. The first-order valence-electron chi connectivity index (χ1n) is 8.30. The molecule has 0 saturated carbocycles. The Labute approximate surface area is 148 Å². The minimum atomic E-state index is 0.0902. The van der Waals surface area contributed by atoms with Crippen LogP contribution in [0, 0.1) is 0 Å². The van der Waals surface area contributed by atoms with Gasteiger partial charge in [0.2, 0.25) is 0 Å². The fourth-order valence-corrected chi connectivity index (χ4v) is 3.15. The van der Waals surface area contributed by atoms with Crippen molar-refractivity contribution in [1.82, 2.24) is 0 Å². The highest BCUT2D eigenvalue weighted by molar-refractivity contribution is 6.30. The van der Waals surface area contributed by atoms with Crippen LogP contribution in [0.5, 0.6) is 0 Å². The van der Waals surface area contributed by atoms with E-state index >= 15 is 0 Å².